The van der Waals surface area contributed by atoms with Crippen LogP contribution in [-0.4, -0.2) is 58.1 Å². The maximum Gasteiger partial charge on any atom is 0.243 e. The van der Waals surface area contributed by atoms with Crippen LogP contribution in [0.25, 0.3) is 0 Å². The zero-order valence-corrected chi connectivity index (χ0v) is 16.2. The molecule has 7 nitrogen and oxygen atoms in total. The Morgan fingerprint density at radius 1 is 1.25 bits per heavy atom. The molecule has 2 heterocycles. The lowest BCUT2D eigenvalue weighted by Gasteiger charge is -2.37. The molecule has 1 aliphatic heterocycles. The molecule has 1 aromatic rings. The third kappa shape index (κ3) is 6.20. The number of rotatable bonds is 6. The first-order valence-corrected chi connectivity index (χ1v) is 8.11. The van der Waals surface area contributed by atoms with Crippen molar-refractivity contribution in [2.24, 2.45) is 5.73 Å². The number of nitrogens with two attached hydrogens (primary N) is 1. The molecule has 1 aliphatic rings. The lowest BCUT2D eigenvalue weighted by atomic mass is 10.1. The van der Waals surface area contributed by atoms with Gasteiger partial charge >= 0.3 is 0 Å². The van der Waals surface area contributed by atoms with Crippen molar-refractivity contribution in [1.29, 1.82) is 0 Å². The molecule has 0 bridgehead atoms. The highest BCUT2D eigenvalue weighted by atomic mass is 35.5. The minimum atomic E-state index is 0. The molecule has 0 saturated carbocycles. The topological polar surface area (TPSA) is 88.5 Å². The molecule has 2 atom stereocenters. The van der Waals surface area contributed by atoms with Gasteiger partial charge in [0.2, 0.25) is 11.8 Å². The SMILES string of the molecule is CCc1noc(C(C)N2CCN(C(=O)CCC(C)N)CC2)n1.Cl.Cl. The van der Waals surface area contributed by atoms with Crippen LogP contribution in [0.1, 0.15) is 51.4 Å². The third-order valence-electron chi connectivity index (χ3n) is 4.19. The Hall–Kier alpha value is -0.890. The molecule has 1 saturated heterocycles. The summed E-state index contributed by atoms with van der Waals surface area (Å²) in [5.74, 6) is 1.61. The van der Waals surface area contributed by atoms with Crippen molar-refractivity contribution in [2.45, 2.75) is 52.1 Å². The van der Waals surface area contributed by atoms with Crippen molar-refractivity contribution in [3.63, 3.8) is 0 Å². The molecule has 9 heteroatoms. The predicted octanol–water partition coefficient (Wildman–Crippen LogP) is 1.81. The Labute approximate surface area is 156 Å². The van der Waals surface area contributed by atoms with Crippen LogP contribution in [-0.2, 0) is 11.2 Å². The van der Waals surface area contributed by atoms with E-state index in [0.29, 0.717) is 12.3 Å². The zero-order chi connectivity index (χ0) is 16.1. The summed E-state index contributed by atoms with van der Waals surface area (Å²) >= 11 is 0. The lowest BCUT2D eigenvalue weighted by molar-refractivity contribution is -0.133. The summed E-state index contributed by atoms with van der Waals surface area (Å²) in [6, 6.07) is 0.171. The molecular formula is C15H29Cl2N5O2. The van der Waals surface area contributed by atoms with Gasteiger partial charge in [0.1, 0.15) is 0 Å². The molecule has 2 unspecified atom stereocenters. The Morgan fingerprint density at radius 2 is 1.88 bits per heavy atom. The summed E-state index contributed by atoms with van der Waals surface area (Å²) in [5.41, 5.74) is 5.71. The number of piperazine rings is 1. The van der Waals surface area contributed by atoms with Crippen LogP contribution in [0.4, 0.5) is 0 Å². The van der Waals surface area contributed by atoms with E-state index in [2.05, 4.69) is 22.0 Å². The number of nitrogens with zero attached hydrogens (tertiary/aromatic N) is 4. The maximum atomic E-state index is 12.1. The van der Waals surface area contributed by atoms with Crippen molar-refractivity contribution in [1.82, 2.24) is 19.9 Å². The largest absolute Gasteiger partial charge is 0.340 e. The number of aromatic nitrogens is 2. The maximum absolute atomic E-state index is 12.1. The number of halogens is 2. The summed E-state index contributed by atoms with van der Waals surface area (Å²) in [7, 11) is 0. The fraction of sp³-hybridized carbons (Fsp3) is 0.800. The molecule has 0 aliphatic carbocycles. The monoisotopic (exact) mass is 381 g/mol. The van der Waals surface area contributed by atoms with E-state index in [4.69, 9.17) is 10.3 Å². The molecular weight excluding hydrogens is 353 g/mol. The van der Waals surface area contributed by atoms with Crippen LogP contribution in [0, 0.1) is 0 Å². The average molecular weight is 382 g/mol. The summed E-state index contributed by atoms with van der Waals surface area (Å²) in [4.78, 5) is 20.7. The zero-order valence-electron chi connectivity index (χ0n) is 14.6. The third-order valence-corrected chi connectivity index (χ3v) is 4.19. The van der Waals surface area contributed by atoms with Crippen LogP contribution >= 0.6 is 24.8 Å². The van der Waals surface area contributed by atoms with Gasteiger partial charge in [-0.3, -0.25) is 9.69 Å². The number of aryl methyl sites for hydroxylation is 1. The summed E-state index contributed by atoms with van der Waals surface area (Å²) in [5, 5.41) is 3.95. The van der Waals surface area contributed by atoms with Crippen LogP contribution in [0.5, 0.6) is 0 Å². The number of carbonyl (C=O) groups is 1. The minimum Gasteiger partial charge on any atom is -0.340 e. The highest BCUT2D eigenvalue weighted by Crippen LogP contribution is 2.20. The van der Waals surface area contributed by atoms with Crippen molar-refractivity contribution < 1.29 is 9.32 Å². The molecule has 0 spiro atoms. The molecule has 24 heavy (non-hydrogen) atoms. The standard InChI is InChI=1S/C15H27N5O2.2ClH/c1-4-13-17-15(22-18-13)12(3)19-7-9-20(10-8-19)14(21)6-5-11(2)16;;/h11-12H,4-10,16H2,1-3H3;2*1H. The van der Waals surface area contributed by atoms with Crippen LogP contribution in [0.2, 0.25) is 0 Å². The molecule has 0 radical (unpaired) electrons. The van der Waals surface area contributed by atoms with Gasteiger partial charge in [0.05, 0.1) is 6.04 Å². The number of carbonyl (C=O) groups excluding carboxylic acids is 1. The quantitative estimate of drug-likeness (QED) is 0.807. The fourth-order valence-electron chi connectivity index (χ4n) is 2.60. The van der Waals surface area contributed by atoms with Gasteiger partial charge in [-0.2, -0.15) is 4.98 Å². The highest BCUT2D eigenvalue weighted by molar-refractivity contribution is 5.85. The molecule has 0 aromatic carbocycles. The Balaban J connectivity index is 0.00000264. The molecule has 2 N–H and O–H groups in total. The van der Waals surface area contributed by atoms with E-state index in [1.807, 2.05) is 18.7 Å². The predicted molar refractivity (Wildman–Crippen MR) is 97.6 cm³/mol. The smallest absolute Gasteiger partial charge is 0.243 e. The van der Waals surface area contributed by atoms with Gasteiger partial charge in [0, 0.05) is 45.1 Å². The molecule has 1 aromatic heterocycles. The highest BCUT2D eigenvalue weighted by Gasteiger charge is 2.27. The second-order valence-corrected chi connectivity index (χ2v) is 6.01. The molecule has 1 fully saturated rings. The Kier molecular flexibility index (Phi) is 10.5. The van der Waals surface area contributed by atoms with Crippen molar-refractivity contribution in [3.05, 3.63) is 11.7 Å². The second-order valence-electron chi connectivity index (χ2n) is 6.01. The molecule has 2 rings (SSSR count). The van der Waals surface area contributed by atoms with Gasteiger partial charge in [-0.1, -0.05) is 12.1 Å². The van der Waals surface area contributed by atoms with Gasteiger partial charge in [-0.25, -0.2) is 0 Å². The lowest BCUT2D eigenvalue weighted by Crippen LogP contribution is -2.49. The van der Waals surface area contributed by atoms with E-state index in [1.54, 1.807) is 0 Å². The van der Waals surface area contributed by atoms with E-state index < -0.39 is 0 Å². The normalized spacial score (nSPS) is 17.6. The van der Waals surface area contributed by atoms with Crippen molar-refractivity contribution in [2.75, 3.05) is 26.2 Å². The summed E-state index contributed by atoms with van der Waals surface area (Å²) in [6.45, 7) is 9.16. The van der Waals surface area contributed by atoms with E-state index in [1.165, 1.54) is 0 Å². The molecule has 140 valence electrons. The van der Waals surface area contributed by atoms with E-state index in [9.17, 15) is 4.79 Å². The summed E-state index contributed by atoms with van der Waals surface area (Å²) < 4.78 is 5.31. The van der Waals surface area contributed by atoms with Crippen molar-refractivity contribution >= 4 is 30.7 Å². The first-order chi connectivity index (χ1) is 10.5. The number of hydrogen-bond donors (Lipinski definition) is 1. The number of hydrogen-bond acceptors (Lipinski definition) is 6. The minimum absolute atomic E-state index is 0. The first-order valence-electron chi connectivity index (χ1n) is 8.11. The van der Waals surface area contributed by atoms with Crippen molar-refractivity contribution in [3.8, 4) is 0 Å². The fourth-order valence-corrected chi connectivity index (χ4v) is 2.60. The van der Waals surface area contributed by atoms with E-state index in [0.717, 1.165) is 44.8 Å². The molecule has 1 amide bonds. The second kappa shape index (κ2) is 10.9. The number of amides is 1. The van der Waals surface area contributed by atoms with Crippen LogP contribution in [0.3, 0.4) is 0 Å². The van der Waals surface area contributed by atoms with Gasteiger partial charge in [-0.05, 0) is 20.3 Å². The Bertz CT molecular complexity index is 490. The van der Waals surface area contributed by atoms with Gasteiger partial charge in [-0.15, -0.1) is 24.8 Å². The van der Waals surface area contributed by atoms with Gasteiger partial charge in [0.25, 0.3) is 0 Å². The van der Waals surface area contributed by atoms with Crippen LogP contribution in [0.15, 0.2) is 4.52 Å². The summed E-state index contributed by atoms with van der Waals surface area (Å²) in [6.07, 6.45) is 2.06. The average Bonchev–Trinajstić information content (AvgIpc) is 3.01. The van der Waals surface area contributed by atoms with E-state index in [-0.39, 0.29) is 42.8 Å². The van der Waals surface area contributed by atoms with E-state index >= 15 is 0 Å². The van der Waals surface area contributed by atoms with Gasteiger partial charge in [0.15, 0.2) is 5.82 Å². The first kappa shape index (κ1) is 23.1. The van der Waals surface area contributed by atoms with Crippen LogP contribution < -0.4 is 5.73 Å². The Morgan fingerprint density at radius 3 is 2.38 bits per heavy atom. The van der Waals surface area contributed by atoms with Gasteiger partial charge < -0.3 is 15.2 Å².